The van der Waals surface area contributed by atoms with Crippen LogP contribution in [0.5, 0.6) is 5.75 Å². The van der Waals surface area contributed by atoms with Crippen LogP contribution < -0.4 is 5.32 Å². The van der Waals surface area contributed by atoms with Crippen LogP contribution in [-0.4, -0.2) is 49.8 Å². The molecule has 1 aromatic rings. The van der Waals surface area contributed by atoms with Gasteiger partial charge in [0, 0.05) is 18.1 Å². The van der Waals surface area contributed by atoms with E-state index in [-0.39, 0.29) is 30.0 Å². The van der Waals surface area contributed by atoms with E-state index in [0.29, 0.717) is 5.95 Å². The maximum atomic E-state index is 12.7. The molecule has 2 N–H and O–H groups in total. The van der Waals surface area contributed by atoms with Gasteiger partial charge in [-0.1, -0.05) is 13.8 Å². The first-order valence-electron chi connectivity index (χ1n) is 9.02. The Balaban J connectivity index is 2.10. The van der Waals surface area contributed by atoms with Gasteiger partial charge in [0.15, 0.2) is 5.75 Å². The Morgan fingerprint density at radius 3 is 2.20 bits per heavy atom. The van der Waals surface area contributed by atoms with Crippen molar-refractivity contribution in [2.24, 2.45) is 0 Å². The number of hydrogen-bond donors (Lipinski definition) is 2. The maximum absolute atomic E-state index is 12.7. The number of aromatic hydroxyl groups is 1. The van der Waals surface area contributed by atoms with Crippen LogP contribution in [0.4, 0.5) is 10.7 Å². The van der Waals surface area contributed by atoms with E-state index in [1.165, 1.54) is 12.4 Å². The van der Waals surface area contributed by atoms with Gasteiger partial charge in [0.1, 0.15) is 5.60 Å². The Hall–Kier alpha value is -2.05. The summed E-state index contributed by atoms with van der Waals surface area (Å²) in [6.07, 6.45) is 5.88. The van der Waals surface area contributed by atoms with E-state index in [4.69, 9.17) is 4.74 Å². The van der Waals surface area contributed by atoms with E-state index >= 15 is 0 Å². The molecule has 1 aliphatic rings. The smallest absolute Gasteiger partial charge is 0.410 e. The third-order valence-electron chi connectivity index (χ3n) is 4.42. The number of likely N-dealkylation sites (tertiary alicyclic amines) is 1. The first-order valence-corrected chi connectivity index (χ1v) is 9.02. The molecular formula is C18H30N4O3. The lowest BCUT2D eigenvalue weighted by atomic mass is 9.89. The van der Waals surface area contributed by atoms with Gasteiger partial charge < -0.3 is 20.1 Å². The van der Waals surface area contributed by atoms with E-state index in [2.05, 4.69) is 29.1 Å². The highest BCUT2D eigenvalue weighted by atomic mass is 16.6. The summed E-state index contributed by atoms with van der Waals surface area (Å²) in [5, 5.41) is 12.6. The van der Waals surface area contributed by atoms with Crippen molar-refractivity contribution < 1.29 is 14.6 Å². The number of aromatic nitrogens is 2. The highest BCUT2D eigenvalue weighted by molar-refractivity contribution is 5.69. The summed E-state index contributed by atoms with van der Waals surface area (Å²) in [5.41, 5.74) is -0.497. The number of amides is 1. The van der Waals surface area contributed by atoms with Gasteiger partial charge in [-0.3, -0.25) is 0 Å². The van der Waals surface area contributed by atoms with Gasteiger partial charge >= 0.3 is 6.09 Å². The standard InChI is InChI=1S/C18H30N4O3/c1-6-13-8-12(21-16-19-10-15(23)11-20-16)9-14(7-2)22(13)17(24)25-18(3,4)5/h10-14,23H,6-9H2,1-5H3,(H,19,20,21)/t12-,13+,14-. The highest BCUT2D eigenvalue weighted by Gasteiger charge is 2.39. The number of piperidine rings is 1. The second-order valence-electron chi connectivity index (χ2n) is 7.59. The molecule has 0 aliphatic carbocycles. The molecule has 1 fully saturated rings. The molecule has 0 unspecified atom stereocenters. The van der Waals surface area contributed by atoms with Crippen LogP contribution in [-0.2, 0) is 4.74 Å². The van der Waals surface area contributed by atoms with Gasteiger partial charge in [-0.05, 0) is 46.5 Å². The zero-order valence-electron chi connectivity index (χ0n) is 15.8. The third-order valence-corrected chi connectivity index (χ3v) is 4.42. The van der Waals surface area contributed by atoms with E-state index in [0.717, 1.165) is 25.7 Å². The molecule has 1 amide bonds. The molecule has 0 saturated carbocycles. The highest BCUT2D eigenvalue weighted by Crippen LogP contribution is 2.30. The second-order valence-corrected chi connectivity index (χ2v) is 7.59. The minimum Gasteiger partial charge on any atom is -0.505 e. The van der Waals surface area contributed by atoms with Crippen LogP contribution in [0.3, 0.4) is 0 Å². The van der Waals surface area contributed by atoms with Crippen LogP contribution in [0.15, 0.2) is 12.4 Å². The summed E-state index contributed by atoms with van der Waals surface area (Å²) in [5.74, 6) is 0.543. The number of nitrogens with zero attached hydrogens (tertiary/aromatic N) is 3. The average molecular weight is 350 g/mol. The number of rotatable bonds is 4. The van der Waals surface area contributed by atoms with Crippen molar-refractivity contribution in [1.82, 2.24) is 14.9 Å². The van der Waals surface area contributed by atoms with Gasteiger partial charge in [0.25, 0.3) is 0 Å². The fourth-order valence-corrected chi connectivity index (χ4v) is 3.31. The van der Waals surface area contributed by atoms with Crippen LogP contribution in [0.1, 0.15) is 60.3 Å². The quantitative estimate of drug-likeness (QED) is 0.863. The van der Waals surface area contributed by atoms with Gasteiger partial charge in [-0.2, -0.15) is 0 Å². The minimum atomic E-state index is -0.497. The molecule has 0 aromatic carbocycles. The molecular weight excluding hydrogens is 320 g/mol. The molecule has 2 heterocycles. The van der Waals surface area contributed by atoms with Crippen molar-refractivity contribution in [3.05, 3.63) is 12.4 Å². The predicted molar refractivity (Wildman–Crippen MR) is 96.6 cm³/mol. The first-order chi connectivity index (χ1) is 11.7. The van der Waals surface area contributed by atoms with E-state index in [1.54, 1.807) is 0 Å². The summed E-state index contributed by atoms with van der Waals surface area (Å²) in [4.78, 5) is 22.8. The van der Waals surface area contributed by atoms with E-state index in [1.807, 2.05) is 25.7 Å². The Labute approximate surface area is 149 Å². The number of carbonyl (C=O) groups is 1. The van der Waals surface area contributed by atoms with Gasteiger partial charge in [0.2, 0.25) is 5.95 Å². The van der Waals surface area contributed by atoms with Crippen LogP contribution >= 0.6 is 0 Å². The molecule has 1 aliphatic heterocycles. The van der Waals surface area contributed by atoms with Crippen LogP contribution in [0, 0.1) is 0 Å². The third kappa shape index (κ3) is 5.21. The Bertz CT molecular complexity index is 557. The SMILES string of the molecule is CC[C@@H]1C[C@H](Nc2ncc(O)cn2)C[C@H](CC)N1C(=O)OC(C)(C)C. The second kappa shape index (κ2) is 7.89. The number of carbonyl (C=O) groups excluding carboxylic acids is 1. The van der Waals surface area contributed by atoms with Crippen molar-refractivity contribution in [1.29, 1.82) is 0 Å². The monoisotopic (exact) mass is 350 g/mol. The fourth-order valence-electron chi connectivity index (χ4n) is 3.31. The molecule has 140 valence electrons. The molecule has 25 heavy (non-hydrogen) atoms. The molecule has 1 aromatic heterocycles. The number of ether oxygens (including phenoxy) is 1. The van der Waals surface area contributed by atoms with Gasteiger partial charge in [-0.15, -0.1) is 0 Å². The summed E-state index contributed by atoms with van der Waals surface area (Å²) >= 11 is 0. The normalized spacial score (nSPS) is 24.0. The number of anilines is 1. The van der Waals surface area contributed by atoms with E-state index < -0.39 is 5.60 Å². The number of hydrogen-bond acceptors (Lipinski definition) is 6. The Morgan fingerprint density at radius 1 is 1.24 bits per heavy atom. The Kier molecular flexibility index (Phi) is 6.08. The lowest BCUT2D eigenvalue weighted by molar-refractivity contribution is -0.00812. The van der Waals surface area contributed by atoms with Crippen molar-refractivity contribution in [3.8, 4) is 5.75 Å². The lowest BCUT2D eigenvalue weighted by Gasteiger charge is -2.45. The zero-order chi connectivity index (χ0) is 18.6. The average Bonchev–Trinajstić information content (AvgIpc) is 2.54. The van der Waals surface area contributed by atoms with Crippen LogP contribution in [0.25, 0.3) is 0 Å². The van der Waals surface area contributed by atoms with Crippen molar-refractivity contribution in [3.63, 3.8) is 0 Å². The maximum Gasteiger partial charge on any atom is 0.410 e. The number of nitrogens with one attached hydrogen (secondary N) is 1. The zero-order valence-corrected chi connectivity index (χ0v) is 15.8. The molecule has 0 spiro atoms. The summed E-state index contributed by atoms with van der Waals surface area (Å²) in [6.45, 7) is 9.86. The van der Waals surface area contributed by atoms with Gasteiger partial charge in [0.05, 0.1) is 12.4 Å². The van der Waals surface area contributed by atoms with E-state index in [9.17, 15) is 9.90 Å². The van der Waals surface area contributed by atoms with Crippen molar-refractivity contribution >= 4 is 12.0 Å². The first kappa shape index (κ1) is 19.3. The molecule has 1 saturated heterocycles. The largest absolute Gasteiger partial charge is 0.505 e. The molecule has 7 heteroatoms. The topological polar surface area (TPSA) is 87.6 Å². The van der Waals surface area contributed by atoms with Crippen molar-refractivity contribution in [2.45, 2.75) is 84.0 Å². The van der Waals surface area contributed by atoms with Gasteiger partial charge in [-0.25, -0.2) is 14.8 Å². The molecule has 2 rings (SSSR count). The summed E-state index contributed by atoms with van der Waals surface area (Å²) < 4.78 is 5.62. The minimum absolute atomic E-state index is 0.0446. The van der Waals surface area contributed by atoms with Crippen LogP contribution in [0.2, 0.25) is 0 Å². The summed E-state index contributed by atoms with van der Waals surface area (Å²) in [7, 11) is 0. The molecule has 0 radical (unpaired) electrons. The van der Waals surface area contributed by atoms with Crippen molar-refractivity contribution in [2.75, 3.05) is 5.32 Å². The predicted octanol–water partition coefficient (Wildman–Crippen LogP) is 3.55. The lowest BCUT2D eigenvalue weighted by Crippen LogP contribution is -2.55. The molecule has 7 nitrogen and oxygen atoms in total. The fraction of sp³-hybridized carbons (Fsp3) is 0.722. The molecule has 3 atom stereocenters. The summed E-state index contributed by atoms with van der Waals surface area (Å²) in [6, 6.07) is 0.407. The Morgan fingerprint density at radius 2 is 1.76 bits per heavy atom. The molecule has 0 bridgehead atoms.